The van der Waals surface area contributed by atoms with Crippen molar-refractivity contribution >= 4 is 27.3 Å². The Labute approximate surface area is 155 Å². The number of nitrogens with one attached hydrogen (secondary N) is 1. The fourth-order valence-corrected chi connectivity index (χ4v) is 4.79. The van der Waals surface area contributed by atoms with Gasteiger partial charge in [0, 0.05) is 4.88 Å². The second-order valence-electron chi connectivity index (χ2n) is 6.98. The number of piperidine rings is 1. The average molecular weight is 364 g/mol. The Morgan fingerprint density at radius 3 is 2.81 bits per heavy atom. The Morgan fingerprint density at radius 2 is 1.96 bits per heavy atom. The van der Waals surface area contributed by atoms with Crippen LogP contribution in [0.15, 0.2) is 24.5 Å². The molecule has 1 fully saturated rings. The average Bonchev–Trinajstić information content (AvgIpc) is 3.24. The number of hydrogen-bond acceptors (Lipinski definition) is 6. The number of hydrogen-bond donors (Lipinski definition) is 1. The largest absolute Gasteiger partial charge is 0.317 e. The molecule has 4 aromatic heterocycles. The summed E-state index contributed by atoms with van der Waals surface area (Å²) in [6.07, 6.45) is 6.16. The summed E-state index contributed by atoms with van der Waals surface area (Å²) >= 11 is 1.78. The molecule has 0 aliphatic carbocycles. The highest BCUT2D eigenvalue weighted by molar-refractivity contribution is 7.18. The van der Waals surface area contributed by atoms with E-state index in [1.807, 2.05) is 29.9 Å². The summed E-state index contributed by atoms with van der Waals surface area (Å²) in [5.74, 6) is 0.631. The topological polar surface area (TPSA) is 68.0 Å². The zero-order valence-electron chi connectivity index (χ0n) is 14.9. The number of thiophene rings is 1. The van der Waals surface area contributed by atoms with Crippen molar-refractivity contribution in [3.8, 4) is 11.4 Å². The Kier molecular flexibility index (Phi) is 3.72. The van der Waals surface area contributed by atoms with Gasteiger partial charge in [0.1, 0.15) is 21.7 Å². The SMILES string of the molecule is Cc1cn2nc(-c3cnc4cc(C5CCNCC5)sc4n3)cc(C)c2n1. The summed E-state index contributed by atoms with van der Waals surface area (Å²) in [7, 11) is 0. The van der Waals surface area contributed by atoms with E-state index in [-0.39, 0.29) is 0 Å². The monoisotopic (exact) mass is 364 g/mol. The first kappa shape index (κ1) is 15.8. The first-order valence-corrected chi connectivity index (χ1v) is 9.80. The predicted octanol–water partition coefficient (Wildman–Crippen LogP) is 3.48. The van der Waals surface area contributed by atoms with Gasteiger partial charge < -0.3 is 5.32 Å². The summed E-state index contributed by atoms with van der Waals surface area (Å²) in [6.45, 7) is 6.23. The lowest BCUT2D eigenvalue weighted by Gasteiger charge is -2.20. The number of aryl methyl sites for hydroxylation is 2. The molecule has 0 bridgehead atoms. The van der Waals surface area contributed by atoms with Crippen LogP contribution < -0.4 is 5.32 Å². The Bertz CT molecular complexity index is 1110. The van der Waals surface area contributed by atoms with Crippen LogP contribution in [0.4, 0.5) is 0 Å². The third kappa shape index (κ3) is 2.68. The standard InChI is InChI=1S/C19H20N6S/c1-11-7-14(24-25-10-12(2)22-18(11)25)16-9-21-15-8-17(26-19(15)23-16)13-3-5-20-6-4-13/h7-10,13,20H,3-6H2,1-2H3. The molecule has 0 spiro atoms. The van der Waals surface area contributed by atoms with Crippen LogP contribution >= 0.6 is 11.3 Å². The molecule has 1 saturated heterocycles. The van der Waals surface area contributed by atoms with E-state index < -0.39 is 0 Å². The molecule has 0 radical (unpaired) electrons. The predicted molar refractivity (Wildman–Crippen MR) is 104 cm³/mol. The molecule has 4 aromatic rings. The van der Waals surface area contributed by atoms with E-state index in [0.717, 1.165) is 51.7 Å². The third-order valence-electron chi connectivity index (χ3n) is 4.99. The van der Waals surface area contributed by atoms with Crippen molar-refractivity contribution in [1.82, 2.24) is 29.9 Å². The summed E-state index contributed by atoms with van der Waals surface area (Å²) < 4.78 is 1.83. The minimum absolute atomic E-state index is 0.631. The van der Waals surface area contributed by atoms with E-state index in [1.165, 1.54) is 17.7 Å². The van der Waals surface area contributed by atoms with Crippen molar-refractivity contribution in [2.45, 2.75) is 32.6 Å². The van der Waals surface area contributed by atoms with Gasteiger partial charge in [-0.3, -0.25) is 4.98 Å². The van der Waals surface area contributed by atoms with E-state index >= 15 is 0 Å². The molecular weight excluding hydrogens is 344 g/mol. The van der Waals surface area contributed by atoms with Crippen molar-refractivity contribution in [3.05, 3.63) is 40.7 Å². The van der Waals surface area contributed by atoms with Crippen molar-refractivity contribution in [1.29, 1.82) is 0 Å². The Balaban J connectivity index is 1.56. The molecule has 0 amide bonds. The summed E-state index contributed by atoms with van der Waals surface area (Å²) in [4.78, 5) is 16.4. The molecular formula is C19H20N6S. The molecule has 132 valence electrons. The Morgan fingerprint density at radius 1 is 1.12 bits per heavy atom. The fourth-order valence-electron chi connectivity index (χ4n) is 3.63. The minimum atomic E-state index is 0.631. The maximum atomic E-state index is 4.86. The van der Waals surface area contributed by atoms with Gasteiger partial charge in [-0.25, -0.2) is 14.5 Å². The molecule has 1 N–H and O–H groups in total. The van der Waals surface area contributed by atoms with Crippen molar-refractivity contribution in [2.75, 3.05) is 13.1 Å². The molecule has 0 saturated carbocycles. The van der Waals surface area contributed by atoms with E-state index in [1.54, 1.807) is 11.3 Å². The van der Waals surface area contributed by atoms with Gasteiger partial charge in [0.05, 0.1) is 18.1 Å². The van der Waals surface area contributed by atoms with Crippen molar-refractivity contribution < 1.29 is 0 Å². The van der Waals surface area contributed by atoms with Crippen molar-refractivity contribution in [3.63, 3.8) is 0 Å². The van der Waals surface area contributed by atoms with Crippen LogP contribution in [0.25, 0.3) is 27.4 Å². The van der Waals surface area contributed by atoms with E-state index in [4.69, 9.17) is 4.98 Å². The highest BCUT2D eigenvalue weighted by atomic mass is 32.1. The van der Waals surface area contributed by atoms with Crippen LogP contribution in [0.5, 0.6) is 0 Å². The first-order valence-electron chi connectivity index (χ1n) is 8.98. The summed E-state index contributed by atoms with van der Waals surface area (Å²) in [5, 5.41) is 8.11. The first-order chi connectivity index (χ1) is 12.7. The number of rotatable bonds is 2. The van der Waals surface area contributed by atoms with Gasteiger partial charge >= 0.3 is 0 Å². The second kappa shape index (κ2) is 6.10. The molecule has 0 aromatic carbocycles. The van der Waals surface area contributed by atoms with Crippen LogP contribution in [-0.4, -0.2) is 37.7 Å². The van der Waals surface area contributed by atoms with Gasteiger partial charge in [-0.15, -0.1) is 11.3 Å². The molecule has 7 heteroatoms. The highest BCUT2D eigenvalue weighted by Gasteiger charge is 2.19. The molecule has 1 aliphatic rings. The molecule has 1 aliphatic heterocycles. The lowest BCUT2D eigenvalue weighted by atomic mass is 9.96. The molecule has 6 nitrogen and oxygen atoms in total. The third-order valence-corrected chi connectivity index (χ3v) is 6.17. The zero-order chi connectivity index (χ0) is 17.7. The number of imidazole rings is 1. The quantitative estimate of drug-likeness (QED) is 0.590. The molecule has 0 unspecified atom stereocenters. The van der Waals surface area contributed by atoms with Crippen LogP contribution in [-0.2, 0) is 0 Å². The lowest BCUT2D eigenvalue weighted by molar-refractivity contribution is 0.465. The fraction of sp³-hybridized carbons (Fsp3) is 0.368. The number of aromatic nitrogens is 5. The normalized spacial score (nSPS) is 15.9. The highest BCUT2D eigenvalue weighted by Crippen LogP contribution is 2.34. The van der Waals surface area contributed by atoms with Crippen LogP contribution in [0.1, 0.15) is 34.9 Å². The molecule has 5 heterocycles. The van der Waals surface area contributed by atoms with Crippen LogP contribution in [0, 0.1) is 13.8 Å². The Hall–Kier alpha value is -2.38. The maximum absolute atomic E-state index is 4.86. The lowest BCUT2D eigenvalue weighted by Crippen LogP contribution is -2.26. The summed E-state index contributed by atoms with van der Waals surface area (Å²) in [6, 6.07) is 4.26. The van der Waals surface area contributed by atoms with E-state index in [2.05, 4.69) is 33.4 Å². The van der Waals surface area contributed by atoms with Crippen molar-refractivity contribution in [2.24, 2.45) is 0 Å². The summed E-state index contributed by atoms with van der Waals surface area (Å²) in [5.41, 5.74) is 5.58. The minimum Gasteiger partial charge on any atom is -0.317 e. The number of fused-ring (bicyclic) bond motifs is 2. The zero-order valence-corrected chi connectivity index (χ0v) is 15.7. The maximum Gasteiger partial charge on any atom is 0.156 e. The van der Waals surface area contributed by atoms with Crippen LogP contribution in [0.3, 0.4) is 0 Å². The molecule has 5 rings (SSSR count). The van der Waals surface area contributed by atoms with Gasteiger partial charge in [0.2, 0.25) is 0 Å². The van der Waals surface area contributed by atoms with Gasteiger partial charge in [-0.1, -0.05) is 0 Å². The van der Waals surface area contributed by atoms with Crippen LogP contribution in [0.2, 0.25) is 0 Å². The molecule has 0 atom stereocenters. The van der Waals surface area contributed by atoms with Gasteiger partial charge in [0.15, 0.2) is 5.65 Å². The second-order valence-corrected chi connectivity index (χ2v) is 8.04. The number of nitrogens with zero attached hydrogens (tertiary/aromatic N) is 5. The van der Waals surface area contributed by atoms with Gasteiger partial charge in [0.25, 0.3) is 0 Å². The molecule has 26 heavy (non-hydrogen) atoms. The van der Waals surface area contributed by atoms with Gasteiger partial charge in [-0.05, 0) is 63.4 Å². The van der Waals surface area contributed by atoms with Gasteiger partial charge in [-0.2, -0.15) is 5.10 Å². The van der Waals surface area contributed by atoms with E-state index in [9.17, 15) is 0 Å². The van der Waals surface area contributed by atoms with E-state index in [0.29, 0.717) is 5.92 Å². The smallest absolute Gasteiger partial charge is 0.156 e.